The summed E-state index contributed by atoms with van der Waals surface area (Å²) in [7, 11) is 1.58. The number of hydrogen-bond donors (Lipinski definition) is 1. The van der Waals surface area contributed by atoms with E-state index in [1.165, 1.54) is 0 Å². The maximum atomic E-state index is 13.2. The van der Waals surface area contributed by atoms with Crippen LogP contribution in [-0.4, -0.2) is 79.7 Å². The lowest BCUT2D eigenvalue weighted by Gasteiger charge is -2.31. The first-order chi connectivity index (χ1) is 17.0. The molecule has 2 aliphatic rings. The molecular formula is C27H32N2O6. The van der Waals surface area contributed by atoms with Gasteiger partial charge in [0.25, 0.3) is 11.7 Å². The minimum atomic E-state index is -0.696. The molecule has 8 heteroatoms. The Morgan fingerprint density at radius 3 is 2.29 bits per heavy atom. The Hall–Kier alpha value is -3.36. The minimum Gasteiger partial charge on any atom is -0.507 e. The van der Waals surface area contributed by atoms with E-state index in [4.69, 9.17) is 14.2 Å². The van der Waals surface area contributed by atoms with Gasteiger partial charge in [0.15, 0.2) is 0 Å². The summed E-state index contributed by atoms with van der Waals surface area (Å²) in [4.78, 5) is 30.1. The van der Waals surface area contributed by atoms with Gasteiger partial charge in [-0.2, -0.15) is 0 Å². The molecule has 0 radical (unpaired) electrons. The van der Waals surface area contributed by atoms with Crippen molar-refractivity contribution in [3.05, 3.63) is 65.2 Å². The number of carbonyl (C=O) groups is 2. The topological polar surface area (TPSA) is 88.5 Å². The second-order valence-electron chi connectivity index (χ2n) is 8.59. The number of likely N-dealkylation sites (tertiary alicyclic amines) is 1. The van der Waals surface area contributed by atoms with Crippen molar-refractivity contribution in [1.29, 1.82) is 0 Å². The number of morpholine rings is 1. The van der Waals surface area contributed by atoms with Gasteiger partial charge < -0.3 is 24.2 Å². The quantitative estimate of drug-likeness (QED) is 0.335. The third kappa shape index (κ3) is 5.49. The molecule has 0 spiro atoms. The highest BCUT2D eigenvalue weighted by Crippen LogP contribution is 2.39. The van der Waals surface area contributed by atoms with Crippen molar-refractivity contribution in [2.24, 2.45) is 0 Å². The summed E-state index contributed by atoms with van der Waals surface area (Å²) in [5, 5.41) is 11.2. The Labute approximate surface area is 205 Å². The number of carbonyl (C=O) groups excluding carboxylic acids is 2. The molecule has 2 heterocycles. The largest absolute Gasteiger partial charge is 0.507 e. The van der Waals surface area contributed by atoms with E-state index in [0.717, 1.165) is 25.1 Å². The molecule has 0 aromatic heterocycles. The molecule has 2 aromatic rings. The first kappa shape index (κ1) is 24.8. The molecule has 2 saturated heterocycles. The Balaban J connectivity index is 1.68. The highest BCUT2D eigenvalue weighted by molar-refractivity contribution is 6.46. The van der Waals surface area contributed by atoms with Gasteiger partial charge in [0.05, 0.1) is 38.5 Å². The number of aliphatic hydroxyl groups is 1. The lowest BCUT2D eigenvalue weighted by molar-refractivity contribution is -0.140. The third-order valence-electron chi connectivity index (χ3n) is 6.33. The number of nitrogens with zero attached hydrogens (tertiary/aromatic N) is 2. The molecular weight excluding hydrogens is 448 g/mol. The average molecular weight is 481 g/mol. The van der Waals surface area contributed by atoms with E-state index in [1.807, 2.05) is 19.1 Å². The maximum Gasteiger partial charge on any atom is 0.295 e. The Kier molecular flexibility index (Phi) is 8.05. The van der Waals surface area contributed by atoms with Crippen molar-refractivity contribution in [1.82, 2.24) is 9.80 Å². The van der Waals surface area contributed by atoms with Gasteiger partial charge >= 0.3 is 0 Å². The van der Waals surface area contributed by atoms with E-state index in [1.54, 1.807) is 48.4 Å². The van der Waals surface area contributed by atoms with Crippen LogP contribution in [0.5, 0.6) is 11.5 Å². The summed E-state index contributed by atoms with van der Waals surface area (Å²) in [6.07, 6.45) is 0.886. The predicted octanol–water partition coefficient (Wildman–Crippen LogP) is 3.24. The van der Waals surface area contributed by atoms with Gasteiger partial charge in [-0.05, 0) is 48.4 Å². The van der Waals surface area contributed by atoms with Crippen LogP contribution in [0.2, 0.25) is 0 Å². The Morgan fingerprint density at radius 2 is 1.66 bits per heavy atom. The number of methoxy groups -OCH3 is 1. The summed E-state index contributed by atoms with van der Waals surface area (Å²) in [5.41, 5.74) is 1.28. The van der Waals surface area contributed by atoms with Gasteiger partial charge in [0.1, 0.15) is 17.3 Å². The maximum absolute atomic E-state index is 13.2. The van der Waals surface area contributed by atoms with Gasteiger partial charge in [-0.1, -0.05) is 19.1 Å². The minimum absolute atomic E-state index is 0.0874. The fourth-order valence-corrected chi connectivity index (χ4v) is 4.40. The van der Waals surface area contributed by atoms with Gasteiger partial charge in [-0.15, -0.1) is 0 Å². The van der Waals surface area contributed by atoms with Crippen LogP contribution in [0, 0.1) is 0 Å². The number of hydrogen-bond acceptors (Lipinski definition) is 7. The number of benzene rings is 2. The standard InChI is InChI=1S/C27H32N2O6/c1-3-16-35-22-10-6-20(7-11-22)25(30)23-24(19-4-8-21(33-2)9-5-19)29(27(32)26(23)31)13-12-28-14-17-34-18-15-28/h4-11,24,30H,3,12-18H2,1-2H3. The van der Waals surface area contributed by atoms with Crippen molar-refractivity contribution in [3.63, 3.8) is 0 Å². The number of Topliss-reactive ketones (excluding diaryl/α,β-unsaturated/α-hetero) is 1. The molecule has 0 bridgehead atoms. The van der Waals surface area contributed by atoms with E-state index in [0.29, 0.717) is 50.0 Å². The van der Waals surface area contributed by atoms with E-state index in [9.17, 15) is 14.7 Å². The lowest BCUT2D eigenvalue weighted by atomic mass is 9.95. The van der Waals surface area contributed by atoms with Crippen molar-refractivity contribution in [3.8, 4) is 11.5 Å². The van der Waals surface area contributed by atoms with Gasteiger partial charge in [0, 0.05) is 31.7 Å². The third-order valence-corrected chi connectivity index (χ3v) is 6.33. The molecule has 1 amide bonds. The molecule has 1 N–H and O–H groups in total. The summed E-state index contributed by atoms with van der Waals surface area (Å²) in [6.45, 7) is 6.47. The molecule has 1 atom stereocenters. The van der Waals surface area contributed by atoms with Crippen molar-refractivity contribution in [2.45, 2.75) is 19.4 Å². The molecule has 35 heavy (non-hydrogen) atoms. The Morgan fingerprint density at radius 1 is 1.00 bits per heavy atom. The van der Waals surface area contributed by atoms with Crippen LogP contribution in [0.3, 0.4) is 0 Å². The van der Waals surface area contributed by atoms with Gasteiger partial charge in [-0.25, -0.2) is 0 Å². The van der Waals surface area contributed by atoms with Gasteiger partial charge in [0.2, 0.25) is 0 Å². The first-order valence-electron chi connectivity index (χ1n) is 12.0. The van der Waals surface area contributed by atoms with Crippen molar-refractivity contribution in [2.75, 3.05) is 53.1 Å². The highest BCUT2D eigenvalue weighted by Gasteiger charge is 2.46. The molecule has 2 aliphatic heterocycles. The molecule has 0 aliphatic carbocycles. The molecule has 0 saturated carbocycles. The molecule has 1 unspecified atom stereocenters. The highest BCUT2D eigenvalue weighted by atomic mass is 16.5. The zero-order chi connectivity index (χ0) is 24.8. The smallest absolute Gasteiger partial charge is 0.295 e. The van der Waals surface area contributed by atoms with E-state index in [-0.39, 0.29) is 11.3 Å². The fourth-order valence-electron chi connectivity index (χ4n) is 4.40. The SMILES string of the molecule is CCCOc1ccc(C(O)=C2C(=O)C(=O)N(CCN3CCOCC3)C2c2ccc(OC)cc2)cc1. The number of amides is 1. The molecule has 2 fully saturated rings. The second-order valence-corrected chi connectivity index (χ2v) is 8.59. The average Bonchev–Trinajstić information content (AvgIpc) is 3.16. The van der Waals surface area contributed by atoms with Crippen LogP contribution in [0.4, 0.5) is 0 Å². The second kappa shape index (κ2) is 11.4. The lowest BCUT2D eigenvalue weighted by Crippen LogP contribution is -2.42. The van der Waals surface area contributed by atoms with Crippen molar-refractivity contribution >= 4 is 17.4 Å². The van der Waals surface area contributed by atoms with Crippen LogP contribution in [0.1, 0.15) is 30.5 Å². The van der Waals surface area contributed by atoms with E-state index >= 15 is 0 Å². The van der Waals surface area contributed by atoms with Crippen LogP contribution in [0.25, 0.3) is 5.76 Å². The van der Waals surface area contributed by atoms with Crippen molar-refractivity contribution < 1.29 is 28.9 Å². The molecule has 4 rings (SSSR count). The monoisotopic (exact) mass is 480 g/mol. The van der Waals surface area contributed by atoms with Crippen LogP contribution in [-0.2, 0) is 14.3 Å². The van der Waals surface area contributed by atoms with E-state index < -0.39 is 17.7 Å². The predicted molar refractivity (Wildman–Crippen MR) is 131 cm³/mol. The normalized spacial score (nSPS) is 20.3. The zero-order valence-corrected chi connectivity index (χ0v) is 20.2. The summed E-state index contributed by atoms with van der Waals surface area (Å²) in [6, 6.07) is 13.4. The van der Waals surface area contributed by atoms with E-state index in [2.05, 4.69) is 4.90 Å². The van der Waals surface area contributed by atoms with Crippen LogP contribution < -0.4 is 9.47 Å². The summed E-state index contributed by atoms with van der Waals surface area (Å²) in [5.74, 6) is -0.136. The molecule has 2 aromatic carbocycles. The summed E-state index contributed by atoms with van der Waals surface area (Å²) < 4.78 is 16.3. The molecule has 186 valence electrons. The van der Waals surface area contributed by atoms with Crippen LogP contribution in [0.15, 0.2) is 54.1 Å². The number of aliphatic hydroxyl groups excluding tert-OH is 1. The number of ketones is 1. The Bertz CT molecular complexity index is 1060. The zero-order valence-electron chi connectivity index (χ0n) is 20.2. The number of rotatable bonds is 9. The molecule has 8 nitrogen and oxygen atoms in total. The fraction of sp³-hybridized carbons (Fsp3) is 0.407. The van der Waals surface area contributed by atoms with Crippen LogP contribution >= 0.6 is 0 Å². The number of ether oxygens (including phenoxy) is 3. The van der Waals surface area contributed by atoms with Gasteiger partial charge in [-0.3, -0.25) is 14.5 Å². The summed E-state index contributed by atoms with van der Waals surface area (Å²) >= 11 is 0. The first-order valence-corrected chi connectivity index (χ1v) is 12.0.